The second kappa shape index (κ2) is 9.13. The lowest BCUT2D eigenvalue weighted by Crippen LogP contribution is -2.51. The van der Waals surface area contributed by atoms with Crippen LogP contribution in [-0.2, 0) is 6.18 Å². The third-order valence-electron chi connectivity index (χ3n) is 6.63. The van der Waals surface area contributed by atoms with E-state index in [1.807, 2.05) is 4.90 Å². The van der Waals surface area contributed by atoms with Crippen LogP contribution in [0.5, 0.6) is 0 Å². The Morgan fingerprint density at radius 2 is 2.00 bits per heavy atom. The molecule has 1 atom stereocenters. The van der Waals surface area contributed by atoms with Gasteiger partial charge in [0.2, 0.25) is 0 Å². The lowest BCUT2D eigenvalue weighted by atomic mass is 9.94. The molecule has 32 heavy (non-hydrogen) atoms. The maximum Gasteiger partial charge on any atom is 0.416 e. The Hall–Kier alpha value is -2.55. The maximum atomic E-state index is 13.6. The quantitative estimate of drug-likeness (QED) is 0.690. The van der Waals surface area contributed by atoms with Crippen LogP contribution in [0.25, 0.3) is 0 Å². The van der Waals surface area contributed by atoms with E-state index in [1.54, 1.807) is 25.6 Å². The minimum atomic E-state index is -4.40. The van der Waals surface area contributed by atoms with Crippen molar-refractivity contribution in [3.8, 4) is 0 Å². The van der Waals surface area contributed by atoms with E-state index < -0.39 is 11.7 Å². The third kappa shape index (κ3) is 4.92. The number of aromatic nitrogens is 2. The van der Waals surface area contributed by atoms with Crippen molar-refractivity contribution in [2.75, 3.05) is 26.7 Å². The average Bonchev–Trinajstić information content (AvgIpc) is 3.44. The Morgan fingerprint density at radius 1 is 1.28 bits per heavy atom. The van der Waals surface area contributed by atoms with Crippen LogP contribution in [0.15, 0.2) is 30.7 Å². The van der Waals surface area contributed by atoms with Crippen molar-refractivity contribution in [1.29, 1.82) is 0 Å². The van der Waals surface area contributed by atoms with Crippen LogP contribution < -0.4 is 5.32 Å². The van der Waals surface area contributed by atoms with E-state index in [1.165, 1.54) is 31.9 Å². The van der Waals surface area contributed by atoms with Gasteiger partial charge in [-0.1, -0.05) is 12.1 Å². The highest BCUT2D eigenvalue weighted by Gasteiger charge is 2.37. The zero-order valence-corrected chi connectivity index (χ0v) is 18.5. The molecular formula is C23H30F3N5O. The number of rotatable bonds is 6. The molecule has 1 aliphatic carbocycles. The second-order valence-corrected chi connectivity index (χ2v) is 8.90. The number of urea groups is 1. The number of hydrogen-bond acceptors (Lipinski definition) is 3. The first-order chi connectivity index (χ1) is 15.3. The van der Waals surface area contributed by atoms with Crippen molar-refractivity contribution >= 4 is 6.03 Å². The first-order valence-corrected chi connectivity index (χ1v) is 11.2. The molecule has 6 nitrogen and oxygen atoms in total. The Balaban J connectivity index is 1.55. The van der Waals surface area contributed by atoms with Gasteiger partial charge < -0.3 is 15.2 Å². The molecule has 0 radical (unpaired) electrons. The Kier molecular flexibility index (Phi) is 6.46. The summed E-state index contributed by atoms with van der Waals surface area (Å²) in [7, 11) is 1.65. The highest BCUT2D eigenvalue weighted by atomic mass is 19.4. The van der Waals surface area contributed by atoms with Crippen molar-refractivity contribution in [2.45, 2.75) is 50.9 Å². The summed E-state index contributed by atoms with van der Waals surface area (Å²) >= 11 is 0. The number of carbonyl (C=O) groups is 1. The summed E-state index contributed by atoms with van der Waals surface area (Å²) in [4.78, 5) is 23.8. The molecule has 2 amide bonds. The molecular weight excluding hydrogens is 419 g/mol. The van der Waals surface area contributed by atoms with Gasteiger partial charge in [0.15, 0.2) is 0 Å². The minimum absolute atomic E-state index is 0.0474. The van der Waals surface area contributed by atoms with Gasteiger partial charge in [-0.3, -0.25) is 4.90 Å². The fourth-order valence-electron chi connectivity index (χ4n) is 4.69. The SMILES string of the molecule is CNC(=O)N(CC1CC1)C1CCN(C(c2ccc(C)c(C(F)(F)F)c2)c2cnc[nH]2)CC1. The van der Waals surface area contributed by atoms with E-state index >= 15 is 0 Å². The molecule has 2 aliphatic rings. The van der Waals surface area contributed by atoms with E-state index in [0.717, 1.165) is 25.1 Å². The summed E-state index contributed by atoms with van der Waals surface area (Å²) in [5, 5.41) is 2.76. The van der Waals surface area contributed by atoms with E-state index in [9.17, 15) is 18.0 Å². The van der Waals surface area contributed by atoms with Crippen LogP contribution in [0.2, 0.25) is 0 Å². The van der Waals surface area contributed by atoms with Crippen molar-refractivity contribution < 1.29 is 18.0 Å². The first-order valence-electron chi connectivity index (χ1n) is 11.2. The van der Waals surface area contributed by atoms with Crippen molar-refractivity contribution in [1.82, 2.24) is 25.1 Å². The molecule has 0 spiro atoms. The third-order valence-corrected chi connectivity index (χ3v) is 6.63. The number of nitrogens with zero attached hydrogens (tertiary/aromatic N) is 3. The molecule has 1 aliphatic heterocycles. The van der Waals surface area contributed by atoms with Gasteiger partial charge >= 0.3 is 12.2 Å². The van der Waals surface area contributed by atoms with E-state index in [4.69, 9.17) is 0 Å². The molecule has 9 heteroatoms. The summed E-state index contributed by atoms with van der Waals surface area (Å²) in [6.07, 6.45) is 2.73. The molecule has 1 aromatic carbocycles. The van der Waals surface area contributed by atoms with E-state index in [0.29, 0.717) is 24.6 Å². The summed E-state index contributed by atoms with van der Waals surface area (Å²) in [6.45, 7) is 3.63. The van der Waals surface area contributed by atoms with Crippen LogP contribution in [0, 0.1) is 12.8 Å². The Bertz CT molecular complexity index is 918. The highest BCUT2D eigenvalue weighted by Crippen LogP contribution is 2.37. The number of carbonyl (C=O) groups excluding carboxylic acids is 1. The van der Waals surface area contributed by atoms with Crippen LogP contribution >= 0.6 is 0 Å². The molecule has 1 saturated heterocycles. The van der Waals surface area contributed by atoms with Gasteiger partial charge in [0.1, 0.15) is 0 Å². The monoisotopic (exact) mass is 449 g/mol. The van der Waals surface area contributed by atoms with Gasteiger partial charge in [-0.15, -0.1) is 0 Å². The van der Waals surface area contributed by atoms with E-state index in [2.05, 4.69) is 20.2 Å². The van der Waals surface area contributed by atoms with Crippen LogP contribution in [0.3, 0.4) is 0 Å². The van der Waals surface area contributed by atoms with E-state index in [-0.39, 0.29) is 23.7 Å². The number of aryl methyl sites for hydroxylation is 1. The van der Waals surface area contributed by atoms with Crippen molar-refractivity contribution in [2.24, 2.45) is 5.92 Å². The van der Waals surface area contributed by atoms with Gasteiger partial charge in [-0.2, -0.15) is 13.2 Å². The molecule has 1 aromatic heterocycles. The number of likely N-dealkylation sites (tertiary alicyclic amines) is 1. The first kappa shape index (κ1) is 22.6. The molecule has 174 valence electrons. The topological polar surface area (TPSA) is 64.3 Å². The number of halogens is 3. The number of aromatic amines is 1. The summed E-state index contributed by atoms with van der Waals surface area (Å²) in [5.74, 6) is 0.594. The highest BCUT2D eigenvalue weighted by molar-refractivity contribution is 5.74. The fourth-order valence-corrected chi connectivity index (χ4v) is 4.69. The summed E-state index contributed by atoms with van der Waals surface area (Å²) in [5.41, 5.74) is 0.961. The minimum Gasteiger partial charge on any atom is -0.347 e. The van der Waals surface area contributed by atoms with Crippen LogP contribution in [0.1, 0.15) is 54.1 Å². The standard InChI is InChI=1S/C23H30F3N5O/c1-15-3-6-17(11-19(15)23(24,25)26)21(20-12-28-14-29-20)30-9-7-18(8-10-30)31(22(32)27-2)13-16-4-5-16/h3,6,11-12,14,16,18,21H,4-5,7-10,13H2,1-2H3,(H,27,32)(H,28,29). The number of benzene rings is 1. The van der Waals surface area contributed by atoms with Crippen LogP contribution in [0.4, 0.5) is 18.0 Å². The molecule has 2 N–H and O–H groups in total. The second-order valence-electron chi connectivity index (χ2n) is 8.90. The number of hydrogen-bond donors (Lipinski definition) is 2. The van der Waals surface area contributed by atoms with Gasteiger partial charge in [0.05, 0.1) is 23.6 Å². The van der Waals surface area contributed by atoms with Gasteiger partial charge in [0.25, 0.3) is 0 Å². The van der Waals surface area contributed by atoms with Gasteiger partial charge in [-0.05, 0) is 55.7 Å². The molecule has 4 rings (SSSR count). The lowest BCUT2D eigenvalue weighted by Gasteiger charge is -2.41. The number of imidazole rings is 1. The zero-order chi connectivity index (χ0) is 22.9. The fraction of sp³-hybridized carbons (Fsp3) is 0.565. The van der Waals surface area contributed by atoms with Crippen molar-refractivity contribution in [3.63, 3.8) is 0 Å². The number of nitrogens with one attached hydrogen (secondary N) is 2. The predicted octanol–water partition coefficient (Wildman–Crippen LogP) is 4.34. The smallest absolute Gasteiger partial charge is 0.347 e. The van der Waals surface area contributed by atoms with Gasteiger partial charge in [0, 0.05) is 38.9 Å². The molecule has 2 aromatic rings. The molecule has 1 saturated carbocycles. The zero-order valence-electron chi connectivity index (χ0n) is 18.5. The largest absolute Gasteiger partial charge is 0.416 e. The Morgan fingerprint density at radius 3 is 2.56 bits per heavy atom. The molecule has 2 fully saturated rings. The summed E-state index contributed by atoms with van der Waals surface area (Å²) in [6, 6.07) is 4.31. The summed E-state index contributed by atoms with van der Waals surface area (Å²) < 4.78 is 40.7. The molecule has 0 bridgehead atoms. The van der Waals surface area contributed by atoms with Crippen molar-refractivity contribution in [3.05, 3.63) is 53.1 Å². The number of alkyl halides is 3. The maximum absolute atomic E-state index is 13.6. The predicted molar refractivity (Wildman–Crippen MR) is 115 cm³/mol. The normalized spacial score (nSPS) is 19.0. The van der Waals surface area contributed by atoms with Gasteiger partial charge in [-0.25, -0.2) is 9.78 Å². The average molecular weight is 450 g/mol. The number of amides is 2. The number of H-pyrrole nitrogens is 1. The lowest BCUT2D eigenvalue weighted by molar-refractivity contribution is -0.138. The number of piperidine rings is 1. The Labute approximate surface area is 186 Å². The van der Waals surface area contributed by atoms with Crippen LogP contribution in [-0.4, -0.2) is 58.5 Å². The molecule has 2 heterocycles. The molecule has 1 unspecified atom stereocenters.